The highest BCUT2D eigenvalue weighted by Crippen LogP contribution is 2.35. The molecule has 2 amide bonds. The minimum atomic E-state index is -0.542. The molecular weight excluding hydrogens is 474 g/mol. The van der Waals surface area contributed by atoms with Gasteiger partial charge in [0.15, 0.2) is 5.11 Å². The molecule has 1 fully saturated rings. The van der Waals surface area contributed by atoms with E-state index in [-0.39, 0.29) is 10.7 Å². The van der Waals surface area contributed by atoms with Crippen LogP contribution in [0.2, 0.25) is 0 Å². The number of carbonyl (C=O) groups excluding carboxylic acids is 2. The molecule has 1 aromatic heterocycles. The highest BCUT2D eigenvalue weighted by molar-refractivity contribution is 7.80. The SMILES string of the molecule is COc1ccc(N2C(=O)/C(=C/c3cc(C)n(-c4ccc(C(C)C)cc4)c3C)C(=O)NC2=S)c(OC)c1. The van der Waals surface area contributed by atoms with Crippen LogP contribution in [0.15, 0.2) is 54.1 Å². The van der Waals surface area contributed by atoms with Crippen molar-refractivity contribution in [3.63, 3.8) is 0 Å². The number of rotatable bonds is 6. The topological polar surface area (TPSA) is 72.8 Å². The number of aromatic nitrogens is 1. The molecule has 1 aliphatic rings. The number of carbonyl (C=O) groups is 2. The summed E-state index contributed by atoms with van der Waals surface area (Å²) >= 11 is 5.35. The first kappa shape index (κ1) is 25.2. The number of hydrogen-bond donors (Lipinski definition) is 1. The Bertz CT molecular complexity index is 1390. The standard InChI is InChI=1S/C28H29N3O4S/c1-16(2)19-7-9-21(10-8-19)30-17(3)13-20(18(30)4)14-23-26(32)29-28(36)31(27(23)33)24-12-11-22(34-5)15-25(24)35-6/h7-16H,1-6H3,(H,29,32,36)/b23-14+. The zero-order chi connectivity index (χ0) is 26.1. The summed E-state index contributed by atoms with van der Waals surface area (Å²) in [6.07, 6.45) is 1.61. The fraction of sp³-hybridized carbons (Fsp3) is 0.250. The van der Waals surface area contributed by atoms with Gasteiger partial charge in [0.2, 0.25) is 0 Å². The number of nitrogens with one attached hydrogen (secondary N) is 1. The Hall–Kier alpha value is -3.91. The fourth-order valence-electron chi connectivity index (χ4n) is 4.34. The number of methoxy groups -OCH3 is 2. The van der Waals surface area contributed by atoms with Gasteiger partial charge in [0.05, 0.1) is 19.9 Å². The highest BCUT2D eigenvalue weighted by Gasteiger charge is 2.36. The first-order valence-electron chi connectivity index (χ1n) is 11.6. The van der Waals surface area contributed by atoms with Crippen LogP contribution in [-0.2, 0) is 9.59 Å². The lowest BCUT2D eigenvalue weighted by Gasteiger charge is -2.30. The van der Waals surface area contributed by atoms with E-state index in [1.807, 2.05) is 19.9 Å². The Morgan fingerprint density at radius 3 is 2.28 bits per heavy atom. The van der Waals surface area contributed by atoms with Crippen LogP contribution in [0.25, 0.3) is 11.8 Å². The molecule has 2 heterocycles. The van der Waals surface area contributed by atoms with Crippen molar-refractivity contribution in [2.45, 2.75) is 33.6 Å². The Morgan fingerprint density at radius 1 is 0.972 bits per heavy atom. The van der Waals surface area contributed by atoms with E-state index in [0.717, 1.165) is 22.6 Å². The molecule has 1 saturated heterocycles. The predicted octanol–water partition coefficient (Wildman–Crippen LogP) is 5.07. The van der Waals surface area contributed by atoms with Gasteiger partial charge in [-0.15, -0.1) is 0 Å². The number of amides is 2. The molecule has 186 valence electrons. The molecule has 36 heavy (non-hydrogen) atoms. The van der Waals surface area contributed by atoms with Crippen LogP contribution in [0.4, 0.5) is 5.69 Å². The first-order chi connectivity index (χ1) is 17.2. The van der Waals surface area contributed by atoms with Gasteiger partial charge in [0, 0.05) is 23.1 Å². The van der Waals surface area contributed by atoms with E-state index in [1.165, 1.54) is 17.6 Å². The highest BCUT2D eigenvalue weighted by atomic mass is 32.1. The van der Waals surface area contributed by atoms with Gasteiger partial charge < -0.3 is 14.0 Å². The van der Waals surface area contributed by atoms with E-state index in [1.54, 1.807) is 31.4 Å². The van der Waals surface area contributed by atoms with Gasteiger partial charge in [-0.1, -0.05) is 26.0 Å². The molecule has 7 nitrogen and oxygen atoms in total. The van der Waals surface area contributed by atoms with Gasteiger partial charge >= 0.3 is 0 Å². The summed E-state index contributed by atoms with van der Waals surface area (Å²) in [5.74, 6) is 0.335. The second kappa shape index (κ2) is 9.99. The molecule has 3 aromatic rings. The van der Waals surface area contributed by atoms with Gasteiger partial charge in [0.1, 0.15) is 17.1 Å². The molecule has 0 unspecified atom stereocenters. The van der Waals surface area contributed by atoms with E-state index >= 15 is 0 Å². The summed E-state index contributed by atoms with van der Waals surface area (Å²) in [4.78, 5) is 27.7. The van der Waals surface area contributed by atoms with Gasteiger partial charge in [-0.3, -0.25) is 14.9 Å². The molecule has 0 spiro atoms. The summed E-state index contributed by atoms with van der Waals surface area (Å²) in [6.45, 7) is 8.29. The number of thiocarbonyl (C=S) groups is 1. The summed E-state index contributed by atoms with van der Waals surface area (Å²) in [6, 6.07) is 15.4. The lowest BCUT2D eigenvalue weighted by Crippen LogP contribution is -2.54. The first-order valence-corrected chi connectivity index (χ1v) is 12.0. The van der Waals surface area contributed by atoms with Gasteiger partial charge in [-0.2, -0.15) is 0 Å². The average Bonchev–Trinajstić information content (AvgIpc) is 3.14. The van der Waals surface area contributed by atoms with Crippen molar-refractivity contribution in [3.05, 3.63) is 76.6 Å². The van der Waals surface area contributed by atoms with Crippen LogP contribution in [0, 0.1) is 13.8 Å². The predicted molar refractivity (Wildman–Crippen MR) is 145 cm³/mol. The van der Waals surface area contributed by atoms with E-state index in [9.17, 15) is 9.59 Å². The van der Waals surface area contributed by atoms with E-state index in [0.29, 0.717) is 23.1 Å². The largest absolute Gasteiger partial charge is 0.497 e. The molecule has 1 aliphatic heterocycles. The van der Waals surface area contributed by atoms with Crippen LogP contribution in [0.3, 0.4) is 0 Å². The van der Waals surface area contributed by atoms with Crippen molar-refractivity contribution in [3.8, 4) is 17.2 Å². The summed E-state index contributed by atoms with van der Waals surface area (Å²) < 4.78 is 12.8. The summed E-state index contributed by atoms with van der Waals surface area (Å²) in [7, 11) is 3.04. The molecule has 2 aromatic carbocycles. The number of nitrogens with zero attached hydrogens (tertiary/aromatic N) is 2. The third kappa shape index (κ3) is 4.52. The van der Waals surface area contributed by atoms with Gasteiger partial charge in [0.25, 0.3) is 11.8 Å². The molecule has 0 atom stereocenters. The maximum atomic E-state index is 13.6. The van der Waals surface area contributed by atoms with Crippen molar-refractivity contribution in [1.82, 2.24) is 9.88 Å². The van der Waals surface area contributed by atoms with Gasteiger partial charge in [-0.05, 0) is 79.5 Å². The van der Waals surface area contributed by atoms with Crippen molar-refractivity contribution < 1.29 is 19.1 Å². The summed E-state index contributed by atoms with van der Waals surface area (Å²) in [5.41, 5.74) is 5.35. The molecule has 1 N–H and O–H groups in total. The summed E-state index contributed by atoms with van der Waals surface area (Å²) in [5, 5.41) is 2.62. The minimum Gasteiger partial charge on any atom is -0.497 e. The zero-order valence-corrected chi connectivity index (χ0v) is 22.0. The normalized spacial score (nSPS) is 15.0. The Kier molecular flexibility index (Phi) is 6.99. The number of ether oxygens (including phenoxy) is 2. The molecule has 0 saturated carbocycles. The maximum Gasteiger partial charge on any atom is 0.270 e. The smallest absolute Gasteiger partial charge is 0.270 e. The number of aryl methyl sites for hydroxylation is 1. The van der Waals surface area contributed by atoms with E-state index < -0.39 is 11.8 Å². The second-order valence-corrected chi connectivity index (χ2v) is 9.29. The molecule has 0 bridgehead atoms. The van der Waals surface area contributed by atoms with Crippen LogP contribution >= 0.6 is 12.2 Å². The Balaban J connectivity index is 1.74. The van der Waals surface area contributed by atoms with E-state index in [2.05, 4.69) is 48.0 Å². The zero-order valence-electron chi connectivity index (χ0n) is 21.2. The second-order valence-electron chi connectivity index (χ2n) is 8.90. The lowest BCUT2D eigenvalue weighted by atomic mass is 10.0. The third-order valence-electron chi connectivity index (χ3n) is 6.32. The molecule has 0 aliphatic carbocycles. The van der Waals surface area contributed by atoms with Crippen LogP contribution < -0.4 is 19.7 Å². The van der Waals surface area contributed by atoms with Crippen molar-refractivity contribution in [2.24, 2.45) is 0 Å². The average molecular weight is 504 g/mol. The maximum absolute atomic E-state index is 13.6. The lowest BCUT2D eigenvalue weighted by molar-refractivity contribution is -0.122. The Morgan fingerprint density at radius 2 is 1.67 bits per heavy atom. The fourth-order valence-corrected chi connectivity index (χ4v) is 4.61. The quantitative estimate of drug-likeness (QED) is 0.289. The van der Waals surface area contributed by atoms with Crippen LogP contribution in [0.1, 0.15) is 42.3 Å². The van der Waals surface area contributed by atoms with Crippen molar-refractivity contribution in [2.75, 3.05) is 19.1 Å². The monoisotopic (exact) mass is 503 g/mol. The van der Waals surface area contributed by atoms with E-state index in [4.69, 9.17) is 21.7 Å². The number of hydrogen-bond acceptors (Lipinski definition) is 5. The molecule has 0 radical (unpaired) electrons. The van der Waals surface area contributed by atoms with Gasteiger partial charge in [-0.25, -0.2) is 4.90 Å². The van der Waals surface area contributed by atoms with Crippen molar-refractivity contribution in [1.29, 1.82) is 0 Å². The number of benzene rings is 2. The molecule has 4 rings (SSSR count). The van der Waals surface area contributed by atoms with Crippen molar-refractivity contribution >= 4 is 40.9 Å². The van der Waals surface area contributed by atoms with Crippen LogP contribution in [-0.4, -0.2) is 35.7 Å². The molecule has 8 heteroatoms. The van der Waals surface area contributed by atoms with Crippen LogP contribution in [0.5, 0.6) is 11.5 Å². The minimum absolute atomic E-state index is 0.0127. The Labute approximate surface area is 216 Å². The third-order valence-corrected chi connectivity index (χ3v) is 6.60. The number of anilines is 1. The molecular formula is C28H29N3O4S.